The maximum Gasteiger partial charge on any atom is 0.317 e. The third-order valence-electron chi connectivity index (χ3n) is 5.05. The maximum absolute atomic E-state index is 12.8. The molecule has 3 fully saturated rings. The average Bonchev–Trinajstić information content (AvgIpc) is 2.97. The fourth-order valence-electron chi connectivity index (χ4n) is 3.64. The minimum atomic E-state index is -0.284. The zero-order valence-corrected chi connectivity index (χ0v) is 15.2. The predicted molar refractivity (Wildman–Crippen MR) is 95.5 cm³/mol. The highest BCUT2D eigenvalue weighted by molar-refractivity contribution is 5.94. The molecule has 4 rings (SSSR count). The van der Waals surface area contributed by atoms with Crippen LogP contribution in [0.25, 0.3) is 0 Å². The van der Waals surface area contributed by atoms with Gasteiger partial charge in [0.2, 0.25) is 5.91 Å². The van der Waals surface area contributed by atoms with Crippen molar-refractivity contribution < 1.29 is 14.4 Å². The first-order valence-corrected chi connectivity index (χ1v) is 8.89. The van der Waals surface area contributed by atoms with Gasteiger partial charge in [0.05, 0.1) is 6.54 Å². The minimum absolute atomic E-state index is 0.00305. The second-order valence-electron chi connectivity index (χ2n) is 7.14. The number of piperidine rings is 1. The summed E-state index contributed by atoms with van der Waals surface area (Å²) in [6, 6.07) is 3.15. The van der Waals surface area contributed by atoms with Gasteiger partial charge in [-0.15, -0.1) is 0 Å². The van der Waals surface area contributed by atoms with E-state index >= 15 is 0 Å². The number of amides is 4. The van der Waals surface area contributed by atoms with Crippen LogP contribution in [0.15, 0.2) is 24.5 Å². The molecule has 1 aromatic rings. The van der Waals surface area contributed by atoms with Crippen LogP contribution in [0.5, 0.6) is 0 Å². The lowest BCUT2D eigenvalue weighted by molar-refractivity contribution is -0.134. The van der Waals surface area contributed by atoms with Crippen LogP contribution in [0.2, 0.25) is 0 Å². The van der Waals surface area contributed by atoms with Crippen LogP contribution in [0.3, 0.4) is 0 Å². The highest BCUT2D eigenvalue weighted by Gasteiger charge is 2.38. The summed E-state index contributed by atoms with van der Waals surface area (Å²) in [5.74, 6) is 0.167. The third kappa shape index (κ3) is 3.95. The van der Waals surface area contributed by atoms with Gasteiger partial charge in [-0.05, 0) is 30.9 Å². The van der Waals surface area contributed by atoms with Crippen LogP contribution >= 0.6 is 0 Å². The Morgan fingerprint density at radius 1 is 1.15 bits per heavy atom. The summed E-state index contributed by atoms with van der Waals surface area (Å²) in [5, 5.41) is 2.63. The molecule has 140 valence electrons. The fourth-order valence-corrected chi connectivity index (χ4v) is 3.64. The summed E-state index contributed by atoms with van der Waals surface area (Å²) in [5.41, 5.74) is 0.623. The van der Waals surface area contributed by atoms with E-state index in [1.165, 1.54) is 4.90 Å². The topological polar surface area (TPSA) is 85.9 Å². The van der Waals surface area contributed by atoms with E-state index in [9.17, 15) is 14.4 Å². The summed E-state index contributed by atoms with van der Waals surface area (Å²) in [6.07, 6.45) is 5.13. The number of carbonyl (C=O) groups excluding carboxylic acids is 3. The SMILES string of the molecule is CN(C)C(=O)NCC(=O)N1C[C@H]2CC[C@@H]1CN(C(=O)c1ccncc1)C2. The average molecular weight is 359 g/mol. The molecule has 26 heavy (non-hydrogen) atoms. The lowest BCUT2D eigenvalue weighted by Gasteiger charge is -2.36. The molecule has 0 unspecified atom stereocenters. The number of hydrogen-bond donors (Lipinski definition) is 1. The number of rotatable bonds is 3. The van der Waals surface area contributed by atoms with Crippen molar-refractivity contribution in [3.05, 3.63) is 30.1 Å². The molecular formula is C18H25N5O3. The molecular weight excluding hydrogens is 334 g/mol. The van der Waals surface area contributed by atoms with Gasteiger partial charge in [-0.2, -0.15) is 0 Å². The Morgan fingerprint density at radius 2 is 1.88 bits per heavy atom. The second kappa shape index (κ2) is 7.72. The van der Waals surface area contributed by atoms with Gasteiger partial charge in [-0.3, -0.25) is 14.6 Å². The molecule has 0 radical (unpaired) electrons. The Balaban J connectivity index is 1.65. The van der Waals surface area contributed by atoms with Crippen molar-refractivity contribution in [1.82, 2.24) is 25.0 Å². The van der Waals surface area contributed by atoms with E-state index in [1.807, 2.05) is 9.80 Å². The quantitative estimate of drug-likeness (QED) is 0.847. The number of carbonyl (C=O) groups is 3. The summed E-state index contributed by atoms with van der Waals surface area (Å²) in [6.45, 7) is 1.82. The molecule has 4 heterocycles. The van der Waals surface area contributed by atoms with Crippen molar-refractivity contribution in [2.75, 3.05) is 40.3 Å². The third-order valence-corrected chi connectivity index (χ3v) is 5.05. The van der Waals surface area contributed by atoms with E-state index in [0.29, 0.717) is 25.2 Å². The predicted octanol–water partition coefficient (Wildman–Crippen LogP) is 0.416. The second-order valence-corrected chi connectivity index (χ2v) is 7.14. The monoisotopic (exact) mass is 359 g/mol. The summed E-state index contributed by atoms with van der Waals surface area (Å²) in [7, 11) is 3.27. The van der Waals surface area contributed by atoms with Crippen molar-refractivity contribution in [3.63, 3.8) is 0 Å². The van der Waals surface area contributed by atoms with Crippen LogP contribution in [-0.2, 0) is 4.79 Å². The number of pyridine rings is 1. The minimum Gasteiger partial charge on any atom is -0.336 e. The van der Waals surface area contributed by atoms with E-state index in [-0.39, 0.29) is 36.3 Å². The van der Waals surface area contributed by atoms with Gasteiger partial charge in [0.25, 0.3) is 5.91 Å². The standard InChI is InChI=1S/C18H25N5O3/c1-21(2)18(26)20-9-16(24)23-11-13-3-4-15(23)12-22(10-13)17(25)14-5-7-19-8-6-14/h5-8,13,15H,3-4,9-12H2,1-2H3,(H,20,26)/t13-,15+/m0/s1. The van der Waals surface area contributed by atoms with Gasteiger partial charge in [-0.1, -0.05) is 0 Å². The number of nitrogens with one attached hydrogen (secondary N) is 1. The molecule has 2 atom stereocenters. The van der Waals surface area contributed by atoms with Crippen LogP contribution in [-0.4, -0.2) is 83.8 Å². The molecule has 0 aromatic carbocycles. The maximum atomic E-state index is 12.8. The number of aromatic nitrogens is 1. The van der Waals surface area contributed by atoms with E-state index in [0.717, 1.165) is 12.8 Å². The van der Waals surface area contributed by atoms with Crippen LogP contribution in [0, 0.1) is 5.92 Å². The zero-order chi connectivity index (χ0) is 18.7. The van der Waals surface area contributed by atoms with E-state index < -0.39 is 0 Å². The molecule has 0 saturated carbocycles. The first kappa shape index (κ1) is 18.2. The smallest absolute Gasteiger partial charge is 0.317 e. The molecule has 0 spiro atoms. The molecule has 3 aliphatic heterocycles. The van der Waals surface area contributed by atoms with Gasteiger partial charge in [0.1, 0.15) is 0 Å². The molecule has 0 aliphatic carbocycles. The Kier molecular flexibility index (Phi) is 5.39. The van der Waals surface area contributed by atoms with Crippen molar-refractivity contribution in [3.8, 4) is 0 Å². The highest BCUT2D eigenvalue weighted by atomic mass is 16.2. The lowest BCUT2D eigenvalue weighted by Crippen LogP contribution is -2.51. The molecule has 1 aromatic heterocycles. The van der Waals surface area contributed by atoms with E-state index in [2.05, 4.69) is 10.3 Å². The van der Waals surface area contributed by atoms with Crippen molar-refractivity contribution in [2.45, 2.75) is 18.9 Å². The number of hydrogen-bond acceptors (Lipinski definition) is 4. The fraction of sp³-hybridized carbons (Fsp3) is 0.556. The van der Waals surface area contributed by atoms with Gasteiger partial charge in [0, 0.05) is 57.7 Å². The Morgan fingerprint density at radius 3 is 2.58 bits per heavy atom. The Hall–Kier alpha value is -2.64. The molecule has 8 heteroatoms. The molecule has 4 amide bonds. The number of urea groups is 1. The van der Waals surface area contributed by atoms with Gasteiger partial charge < -0.3 is 20.0 Å². The molecule has 3 aliphatic rings. The molecule has 3 saturated heterocycles. The molecule has 1 N–H and O–H groups in total. The van der Waals surface area contributed by atoms with Crippen LogP contribution < -0.4 is 5.32 Å². The van der Waals surface area contributed by atoms with E-state index in [4.69, 9.17) is 0 Å². The summed E-state index contributed by atoms with van der Waals surface area (Å²) in [4.78, 5) is 46.0. The first-order valence-electron chi connectivity index (χ1n) is 8.89. The zero-order valence-electron chi connectivity index (χ0n) is 15.2. The summed E-state index contributed by atoms with van der Waals surface area (Å²) < 4.78 is 0. The van der Waals surface area contributed by atoms with Crippen LogP contribution in [0.1, 0.15) is 23.2 Å². The molecule has 2 bridgehead atoms. The lowest BCUT2D eigenvalue weighted by atomic mass is 9.95. The summed E-state index contributed by atoms with van der Waals surface area (Å²) >= 11 is 0. The van der Waals surface area contributed by atoms with E-state index in [1.54, 1.807) is 38.6 Å². The van der Waals surface area contributed by atoms with Crippen LogP contribution in [0.4, 0.5) is 4.79 Å². The first-order chi connectivity index (χ1) is 12.5. The molecule has 8 nitrogen and oxygen atoms in total. The van der Waals surface area contributed by atoms with Crippen molar-refractivity contribution in [1.29, 1.82) is 0 Å². The number of fused-ring (bicyclic) bond motifs is 4. The van der Waals surface area contributed by atoms with Crippen molar-refractivity contribution in [2.24, 2.45) is 5.92 Å². The van der Waals surface area contributed by atoms with Gasteiger partial charge in [-0.25, -0.2) is 4.79 Å². The number of nitrogens with zero attached hydrogens (tertiary/aromatic N) is 4. The largest absolute Gasteiger partial charge is 0.336 e. The Bertz CT molecular complexity index is 679. The van der Waals surface area contributed by atoms with Gasteiger partial charge >= 0.3 is 6.03 Å². The van der Waals surface area contributed by atoms with Crippen molar-refractivity contribution >= 4 is 17.8 Å². The normalized spacial score (nSPS) is 21.9. The highest BCUT2D eigenvalue weighted by Crippen LogP contribution is 2.28. The Labute approximate surface area is 153 Å². The van der Waals surface area contributed by atoms with Gasteiger partial charge in [0.15, 0.2) is 0 Å².